The number of aryl methyl sites for hydroxylation is 1. The summed E-state index contributed by atoms with van der Waals surface area (Å²) in [5.41, 5.74) is 2.56. The van der Waals surface area contributed by atoms with E-state index in [1.54, 1.807) is 17.0 Å². The van der Waals surface area contributed by atoms with Crippen LogP contribution in [-0.4, -0.2) is 49.3 Å². The molecule has 3 aliphatic heterocycles. The van der Waals surface area contributed by atoms with E-state index in [9.17, 15) is 23.1 Å². The van der Waals surface area contributed by atoms with E-state index in [2.05, 4.69) is 0 Å². The highest BCUT2D eigenvalue weighted by molar-refractivity contribution is 7.89. The van der Waals surface area contributed by atoms with Crippen LogP contribution in [0.3, 0.4) is 0 Å². The fourth-order valence-electron chi connectivity index (χ4n) is 4.11. The zero-order valence-corrected chi connectivity index (χ0v) is 14.6. The third-order valence-corrected chi connectivity index (χ3v) is 7.20. The van der Waals surface area contributed by atoms with Crippen LogP contribution in [0.1, 0.15) is 30.4 Å². The number of hydrogen-bond acceptors (Lipinski definition) is 4. The number of benzene rings is 1. The quantitative estimate of drug-likeness (QED) is 0.864. The first kappa shape index (κ1) is 16.5. The first-order valence-corrected chi connectivity index (χ1v) is 10.0. The number of nitrogens with zero attached hydrogens (tertiary/aromatic N) is 2. The number of anilines is 1. The van der Waals surface area contributed by atoms with Gasteiger partial charge >= 0.3 is 5.97 Å². The number of sulfonamides is 1. The molecule has 25 heavy (non-hydrogen) atoms. The van der Waals surface area contributed by atoms with Crippen molar-refractivity contribution in [1.29, 1.82) is 0 Å². The summed E-state index contributed by atoms with van der Waals surface area (Å²) in [6.45, 7) is 1.04. The monoisotopic (exact) mass is 364 g/mol. The van der Waals surface area contributed by atoms with Crippen molar-refractivity contribution in [1.82, 2.24) is 4.31 Å². The number of piperidine rings is 1. The first-order chi connectivity index (χ1) is 11.9. The van der Waals surface area contributed by atoms with E-state index in [1.165, 1.54) is 4.31 Å². The maximum atomic E-state index is 13.0. The van der Waals surface area contributed by atoms with Crippen LogP contribution < -0.4 is 4.90 Å². The Morgan fingerprint density at radius 2 is 1.92 bits per heavy atom. The minimum Gasteiger partial charge on any atom is -0.481 e. The molecule has 1 fully saturated rings. The summed E-state index contributed by atoms with van der Waals surface area (Å²) in [5, 5.41) is 9.20. The molecule has 0 radical (unpaired) electrons. The Morgan fingerprint density at radius 1 is 1.16 bits per heavy atom. The highest BCUT2D eigenvalue weighted by Crippen LogP contribution is 2.39. The van der Waals surface area contributed by atoms with Crippen molar-refractivity contribution in [3.8, 4) is 0 Å². The molecular formula is C17H20N2O5S. The standard InChI is InChI=1S/C17H20N2O5S/c20-15-9-13-8-14(7-11-3-2-6-19(15)16(11)13)25(23,24)18-5-1-4-12(10-18)17(21)22/h7-8,12H,1-6,9-10H2,(H,21,22). The van der Waals surface area contributed by atoms with Crippen LogP contribution in [0.5, 0.6) is 0 Å². The highest BCUT2D eigenvalue weighted by Gasteiger charge is 2.37. The molecule has 0 saturated carbocycles. The average Bonchev–Trinajstić information content (AvgIpc) is 2.92. The molecule has 1 aromatic carbocycles. The number of amides is 1. The minimum atomic E-state index is -3.75. The maximum absolute atomic E-state index is 13.0. The molecule has 1 atom stereocenters. The number of carbonyl (C=O) groups is 2. The normalized spacial score (nSPS) is 23.6. The van der Waals surface area contributed by atoms with Gasteiger partial charge in [0.2, 0.25) is 15.9 Å². The van der Waals surface area contributed by atoms with Gasteiger partial charge in [-0.2, -0.15) is 4.31 Å². The zero-order valence-electron chi connectivity index (χ0n) is 13.8. The Balaban J connectivity index is 1.71. The van der Waals surface area contributed by atoms with Gasteiger partial charge in [-0.3, -0.25) is 9.59 Å². The van der Waals surface area contributed by atoms with Crippen LogP contribution in [0.25, 0.3) is 0 Å². The van der Waals surface area contributed by atoms with Crippen molar-refractivity contribution in [2.24, 2.45) is 5.92 Å². The zero-order chi connectivity index (χ0) is 17.8. The topological polar surface area (TPSA) is 95.0 Å². The molecule has 1 N–H and O–H groups in total. The van der Waals surface area contributed by atoms with Gasteiger partial charge < -0.3 is 10.0 Å². The van der Waals surface area contributed by atoms with Crippen LogP contribution in [0.4, 0.5) is 5.69 Å². The average molecular weight is 364 g/mol. The lowest BCUT2D eigenvalue weighted by atomic mass is 10.0. The van der Waals surface area contributed by atoms with Crippen LogP contribution in [-0.2, 0) is 32.5 Å². The van der Waals surface area contributed by atoms with Gasteiger partial charge in [0.15, 0.2) is 0 Å². The van der Waals surface area contributed by atoms with Gasteiger partial charge in [0.1, 0.15) is 0 Å². The molecule has 0 bridgehead atoms. The Hall–Kier alpha value is -1.93. The summed E-state index contributed by atoms with van der Waals surface area (Å²) < 4.78 is 27.4. The second-order valence-electron chi connectivity index (χ2n) is 6.96. The second kappa shape index (κ2) is 5.81. The molecule has 0 aromatic heterocycles. The second-order valence-corrected chi connectivity index (χ2v) is 8.89. The van der Waals surface area contributed by atoms with E-state index in [4.69, 9.17) is 0 Å². The first-order valence-electron chi connectivity index (χ1n) is 8.57. The molecule has 1 unspecified atom stereocenters. The summed E-state index contributed by atoms with van der Waals surface area (Å²) in [6, 6.07) is 3.27. The molecule has 4 rings (SSSR count). The molecule has 134 valence electrons. The van der Waals surface area contributed by atoms with Crippen molar-refractivity contribution >= 4 is 27.6 Å². The van der Waals surface area contributed by atoms with E-state index in [0.29, 0.717) is 25.9 Å². The van der Waals surface area contributed by atoms with Gasteiger partial charge in [0.25, 0.3) is 0 Å². The summed E-state index contributed by atoms with van der Waals surface area (Å²) in [6.07, 6.45) is 2.86. The van der Waals surface area contributed by atoms with Crippen LogP contribution in [0.2, 0.25) is 0 Å². The maximum Gasteiger partial charge on any atom is 0.307 e. The van der Waals surface area contributed by atoms with E-state index in [0.717, 1.165) is 29.7 Å². The van der Waals surface area contributed by atoms with Gasteiger partial charge in [-0.05, 0) is 48.9 Å². The number of aliphatic carboxylic acids is 1. The predicted octanol–water partition coefficient (Wildman–Crippen LogP) is 1.01. The number of hydrogen-bond donors (Lipinski definition) is 1. The summed E-state index contributed by atoms with van der Waals surface area (Å²) in [7, 11) is -3.75. The van der Waals surface area contributed by atoms with Gasteiger partial charge in [-0.25, -0.2) is 8.42 Å². The van der Waals surface area contributed by atoms with Crippen molar-refractivity contribution in [3.05, 3.63) is 23.3 Å². The number of rotatable bonds is 3. The minimum absolute atomic E-state index is 0.00907. The van der Waals surface area contributed by atoms with Crippen LogP contribution >= 0.6 is 0 Å². The summed E-state index contributed by atoms with van der Waals surface area (Å²) in [5.74, 6) is -1.59. The smallest absolute Gasteiger partial charge is 0.307 e. The Labute approximate surface area is 146 Å². The fourth-order valence-corrected chi connectivity index (χ4v) is 5.73. The molecule has 1 aromatic rings. The van der Waals surface area contributed by atoms with Crippen molar-refractivity contribution in [2.45, 2.75) is 37.0 Å². The number of carbonyl (C=O) groups excluding carboxylic acids is 1. The molecule has 8 heteroatoms. The third-order valence-electron chi connectivity index (χ3n) is 5.35. The largest absolute Gasteiger partial charge is 0.481 e. The van der Waals surface area contributed by atoms with E-state index in [1.807, 2.05) is 0 Å². The van der Waals surface area contributed by atoms with Crippen LogP contribution in [0, 0.1) is 5.92 Å². The molecular weight excluding hydrogens is 344 g/mol. The Bertz CT molecular complexity index is 864. The van der Waals surface area contributed by atoms with Gasteiger partial charge in [-0.1, -0.05) is 0 Å². The summed E-state index contributed by atoms with van der Waals surface area (Å²) in [4.78, 5) is 25.3. The van der Waals surface area contributed by atoms with Crippen molar-refractivity contribution in [3.63, 3.8) is 0 Å². The molecule has 0 aliphatic carbocycles. The lowest BCUT2D eigenvalue weighted by Crippen LogP contribution is -2.42. The van der Waals surface area contributed by atoms with Crippen molar-refractivity contribution in [2.75, 3.05) is 24.5 Å². The SMILES string of the molecule is O=C(O)C1CCCN(S(=O)(=O)c2cc3c4c(c2)CC(=O)N4CCC3)C1. The van der Waals surface area contributed by atoms with E-state index in [-0.39, 0.29) is 23.8 Å². The van der Waals surface area contributed by atoms with Gasteiger partial charge in [-0.15, -0.1) is 0 Å². The van der Waals surface area contributed by atoms with Gasteiger partial charge in [0, 0.05) is 19.6 Å². The molecule has 0 spiro atoms. The summed E-state index contributed by atoms with van der Waals surface area (Å²) >= 11 is 0. The molecule has 7 nitrogen and oxygen atoms in total. The lowest BCUT2D eigenvalue weighted by Gasteiger charge is -2.31. The molecule has 1 saturated heterocycles. The van der Waals surface area contributed by atoms with Crippen LogP contribution in [0.15, 0.2) is 17.0 Å². The van der Waals surface area contributed by atoms with Gasteiger partial charge in [0.05, 0.1) is 22.9 Å². The number of carboxylic acid groups (broad SMARTS) is 1. The molecule has 1 amide bonds. The Morgan fingerprint density at radius 3 is 2.68 bits per heavy atom. The molecule has 3 heterocycles. The predicted molar refractivity (Wildman–Crippen MR) is 89.9 cm³/mol. The number of carboxylic acids is 1. The highest BCUT2D eigenvalue weighted by atomic mass is 32.2. The lowest BCUT2D eigenvalue weighted by molar-refractivity contribution is -0.142. The third kappa shape index (κ3) is 2.64. The molecule has 3 aliphatic rings. The Kier molecular flexibility index (Phi) is 3.84. The van der Waals surface area contributed by atoms with E-state index < -0.39 is 21.9 Å². The fraction of sp³-hybridized carbons (Fsp3) is 0.529. The van der Waals surface area contributed by atoms with Crippen molar-refractivity contribution < 1.29 is 23.1 Å². The van der Waals surface area contributed by atoms with E-state index >= 15 is 0 Å².